The summed E-state index contributed by atoms with van der Waals surface area (Å²) < 4.78 is 6.01. The molecule has 0 amide bonds. The molecule has 0 bridgehead atoms. The van der Waals surface area contributed by atoms with E-state index in [2.05, 4.69) is 82.0 Å². The lowest BCUT2D eigenvalue weighted by atomic mass is 10.0. The molecule has 2 aromatic rings. The summed E-state index contributed by atoms with van der Waals surface area (Å²) in [6.45, 7) is 13.3. The first-order valence-electron chi connectivity index (χ1n) is 18.8. The van der Waals surface area contributed by atoms with Crippen molar-refractivity contribution in [3.63, 3.8) is 0 Å². The molecule has 0 fully saturated rings. The quantitative estimate of drug-likeness (QED) is 0.0521. The molecule has 7 heteroatoms. The van der Waals surface area contributed by atoms with Crippen LogP contribution in [-0.2, 0) is 13.0 Å². The van der Waals surface area contributed by atoms with Crippen molar-refractivity contribution >= 4 is 0 Å². The maximum absolute atomic E-state index is 6.01. The molecule has 0 aromatic heterocycles. The topological polar surface area (TPSA) is 95.4 Å². The lowest BCUT2D eigenvalue weighted by molar-refractivity contribution is 0.306. The summed E-state index contributed by atoms with van der Waals surface area (Å²) in [7, 11) is 0. The predicted molar refractivity (Wildman–Crippen MR) is 199 cm³/mol. The minimum Gasteiger partial charge on any atom is -0.489 e. The first-order chi connectivity index (χ1) is 22.8. The largest absolute Gasteiger partial charge is 0.489 e. The molecule has 2 aromatic carbocycles. The van der Waals surface area contributed by atoms with Gasteiger partial charge in [-0.2, -0.15) is 0 Å². The molecule has 0 aliphatic rings. The molecule has 1 atom stereocenters. The average molecular weight is 639 g/mol. The highest BCUT2D eigenvalue weighted by Gasteiger charge is 2.09. The fourth-order valence-electron chi connectivity index (χ4n) is 5.59. The molecule has 0 radical (unpaired) electrons. The van der Waals surface area contributed by atoms with Crippen LogP contribution in [0.1, 0.15) is 102 Å². The number of benzene rings is 2. The molecule has 0 heterocycles. The first-order valence-corrected chi connectivity index (χ1v) is 18.8. The number of nitrogens with one attached hydrogen (secondary N) is 5. The number of rotatable bonds is 33. The van der Waals surface area contributed by atoms with Crippen molar-refractivity contribution in [2.45, 2.75) is 109 Å². The summed E-state index contributed by atoms with van der Waals surface area (Å²) in [5.41, 5.74) is 8.08. The Balaban J connectivity index is 1.58. The summed E-state index contributed by atoms with van der Waals surface area (Å²) in [6, 6.07) is 19.5. The van der Waals surface area contributed by atoms with Gasteiger partial charge in [-0.05, 0) is 127 Å². The number of nitrogens with two attached hydrogens (primary N) is 1. The van der Waals surface area contributed by atoms with Crippen LogP contribution in [0, 0.1) is 0 Å². The van der Waals surface area contributed by atoms with E-state index < -0.39 is 0 Å². The van der Waals surface area contributed by atoms with Crippen LogP contribution in [0.3, 0.4) is 0 Å². The SMILES string of the molecule is CCCCCCCCCCN[C@H](CNCCCNCCCNCCCNCCCCN)Cc1ccc(OCc2ccccc2)cc1. The molecule has 7 N–H and O–H groups in total. The summed E-state index contributed by atoms with van der Waals surface area (Å²) in [4.78, 5) is 0. The third-order valence-electron chi connectivity index (χ3n) is 8.44. The molecule has 0 saturated heterocycles. The van der Waals surface area contributed by atoms with Gasteiger partial charge in [-0.15, -0.1) is 0 Å². The molecule has 0 aliphatic carbocycles. The fourth-order valence-corrected chi connectivity index (χ4v) is 5.59. The van der Waals surface area contributed by atoms with Crippen molar-refractivity contribution in [3.05, 3.63) is 65.7 Å². The average Bonchev–Trinajstić information content (AvgIpc) is 3.09. The Hall–Kier alpha value is -2.00. The van der Waals surface area contributed by atoms with Crippen molar-refractivity contribution in [3.8, 4) is 5.75 Å². The normalized spacial score (nSPS) is 12.0. The van der Waals surface area contributed by atoms with Gasteiger partial charge in [-0.1, -0.05) is 94.3 Å². The second kappa shape index (κ2) is 30.3. The van der Waals surface area contributed by atoms with Crippen LogP contribution in [0.15, 0.2) is 54.6 Å². The van der Waals surface area contributed by atoms with Gasteiger partial charge in [0.15, 0.2) is 0 Å². The van der Waals surface area contributed by atoms with E-state index in [0.717, 1.165) is 90.5 Å². The molecule has 0 spiro atoms. The zero-order chi connectivity index (χ0) is 32.6. The summed E-state index contributed by atoms with van der Waals surface area (Å²) >= 11 is 0. The number of hydrogen-bond donors (Lipinski definition) is 6. The van der Waals surface area contributed by atoms with Crippen molar-refractivity contribution in [1.82, 2.24) is 26.6 Å². The van der Waals surface area contributed by atoms with Gasteiger partial charge < -0.3 is 37.1 Å². The number of hydrogen-bond acceptors (Lipinski definition) is 7. The van der Waals surface area contributed by atoms with Gasteiger partial charge in [0.25, 0.3) is 0 Å². The monoisotopic (exact) mass is 639 g/mol. The van der Waals surface area contributed by atoms with E-state index >= 15 is 0 Å². The Bertz CT molecular complexity index is 897. The summed E-state index contributed by atoms with van der Waals surface area (Å²) in [6.07, 6.45) is 17.7. The third kappa shape index (κ3) is 23.3. The molecule has 262 valence electrons. The van der Waals surface area contributed by atoms with E-state index in [1.807, 2.05) is 6.07 Å². The van der Waals surface area contributed by atoms with E-state index in [0.29, 0.717) is 12.6 Å². The van der Waals surface area contributed by atoms with E-state index in [1.54, 1.807) is 0 Å². The molecule has 0 aliphatic heterocycles. The van der Waals surface area contributed by atoms with Crippen molar-refractivity contribution < 1.29 is 4.74 Å². The second-order valence-electron chi connectivity index (χ2n) is 12.8. The van der Waals surface area contributed by atoms with Gasteiger partial charge in [0, 0.05) is 12.6 Å². The van der Waals surface area contributed by atoms with Crippen LogP contribution >= 0.6 is 0 Å². The van der Waals surface area contributed by atoms with Crippen molar-refractivity contribution in [1.29, 1.82) is 0 Å². The predicted octanol–water partition coefficient (Wildman–Crippen LogP) is 6.17. The lowest BCUT2D eigenvalue weighted by Gasteiger charge is -2.20. The number of unbranched alkanes of at least 4 members (excludes halogenated alkanes) is 8. The van der Waals surface area contributed by atoms with Crippen LogP contribution in [-0.4, -0.2) is 71.5 Å². The summed E-state index contributed by atoms with van der Waals surface area (Å²) in [5, 5.41) is 18.3. The number of ether oxygens (including phenoxy) is 1. The zero-order valence-corrected chi connectivity index (χ0v) is 29.4. The van der Waals surface area contributed by atoms with E-state index in [1.165, 1.54) is 81.8 Å². The van der Waals surface area contributed by atoms with E-state index in [-0.39, 0.29) is 0 Å². The Morgan fingerprint density at radius 1 is 0.543 bits per heavy atom. The second-order valence-corrected chi connectivity index (χ2v) is 12.8. The van der Waals surface area contributed by atoms with Gasteiger partial charge in [0.1, 0.15) is 12.4 Å². The highest BCUT2D eigenvalue weighted by atomic mass is 16.5. The summed E-state index contributed by atoms with van der Waals surface area (Å²) in [5.74, 6) is 0.930. The highest BCUT2D eigenvalue weighted by molar-refractivity contribution is 5.28. The van der Waals surface area contributed by atoms with Crippen LogP contribution in [0.5, 0.6) is 5.75 Å². The fraction of sp³-hybridized carbons (Fsp3) is 0.692. The lowest BCUT2D eigenvalue weighted by Crippen LogP contribution is -2.41. The smallest absolute Gasteiger partial charge is 0.119 e. The minimum atomic E-state index is 0.431. The Morgan fingerprint density at radius 3 is 1.70 bits per heavy atom. The first kappa shape index (κ1) is 40.2. The van der Waals surface area contributed by atoms with Gasteiger partial charge in [0.2, 0.25) is 0 Å². The molecule has 46 heavy (non-hydrogen) atoms. The Morgan fingerprint density at radius 2 is 1.09 bits per heavy atom. The van der Waals surface area contributed by atoms with Crippen LogP contribution < -0.4 is 37.1 Å². The van der Waals surface area contributed by atoms with Crippen LogP contribution in [0.25, 0.3) is 0 Å². The maximum Gasteiger partial charge on any atom is 0.119 e. The van der Waals surface area contributed by atoms with Crippen LogP contribution in [0.4, 0.5) is 0 Å². The van der Waals surface area contributed by atoms with Gasteiger partial charge >= 0.3 is 0 Å². The standard InChI is InChI=1S/C39H70N6O/c1-2-3-4-5-6-7-8-13-32-45-38(33-36-20-22-39(23-21-36)46-35-37-18-10-9-11-19-37)34-44-31-17-30-43-29-16-28-42-27-15-26-41-25-14-12-24-40/h9-11,18-23,38,41-45H,2-8,12-17,24-35,40H2,1H3/t38-/m0/s1. The van der Waals surface area contributed by atoms with Gasteiger partial charge in [-0.25, -0.2) is 0 Å². The van der Waals surface area contributed by atoms with Crippen LogP contribution in [0.2, 0.25) is 0 Å². The van der Waals surface area contributed by atoms with Gasteiger partial charge in [0.05, 0.1) is 0 Å². The molecular formula is C39H70N6O. The van der Waals surface area contributed by atoms with Crippen molar-refractivity contribution in [2.75, 3.05) is 65.4 Å². The van der Waals surface area contributed by atoms with E-state index in [4.69, 9.17) is 10.5 Å². The molecular weight excluding hydrogens is 568 g/mol. The van der Waals surface area contributed by atoms with Gasteiger partial charge in [-0.3, -0.25) is 0 Å². The minimum absolute atomic E-state index is 0.431. The molecule has 0 saturated carbocycles. The molecule has 2 rings (SSSR count). The Labute approximate surface area is 283 Å². The highest BCUT2D eigenvalue weighted by Crippen LogP contribution is 2.16. The molecule has 0 unspecified atom stereocenters. The maximum atomic E-state index is 6.01. The molecule has 7 nitrogen and oxygen atoms in total. The Kier molecular flexibility index (Phi) is 26.5. The third-order valence-corrected chi connectivity index (χ3v) is 8.44. The van der Waals surface area contributed by atoms with E-state index in [9.17, 15) is 0 Å². The van der Waals surface area contributed by atoms with Crippen molar-refractivity contribution in [2.24, 2.45) is 5.73 Å². The zero-order valence-electron chi connectivity index (χ0n) is 29.4.